The Kier molecular flexibility index (Phi) is 40.4. The quantitative estimate of drug-likeness (QED) is 0.0348. The maximum atomic E-state index is 12.7. The zero-order valence-corrected chi connectivity index (χ0v) is 38.4. The second-order valence-electron chi connectivity index (χ2n) is 18.5. The third kappa shape index (κ3) is 43.5. The van der Waals surface area contributed by atoms with E-state index in [1.54, 1.807) is 0 Å². The predicted octanol–water partition coefficient (Wildman–Crippen LogP) is 15.6. The van der Waals surface area contributed by atoms with Crippen molar-refractivity contribution in [2.45, 2.75) is 272 Å². The monoisotopic (exact) mass is 793 g/mol. The Morgan fingerprint density at radius 3 is 0.768 bits per heavy atom. The van der Waals surface area contributed by atoms with Crippen molar-refractivity contribution in [3.05, 3.63) is 0 Å². The summed E-state index contributed by atoms with van der Waals surface area (Å²) >= 11 is 0. The third-order valence-electron chi connectivity index (χ3n) is 11.1. The fourth-order valence-corrected chi connectivity index (χ4v) is 7.41. The molecule has 0 aliphatic carbocycles. The minimum Gasteiger partial charge on any atom is -0.462 e. The van der Waals surface area contributed by atoms with Gasteiger partial charge in [-0.05, 0) is 37.0 Å². The van der Waals surface area contributed by atoms with Crippen molar-refractivity contribution in [1.82, 2.24) is 0 Å². The standard InChI is InChI=1S/C50H96O6/c1-44(2)36-30-24-18-14-10-7-8-12-17-21-29-35-41-50(53)56-47(43-55-49(52)40-34-28-23-22-26-32-38-46(5)6)42-54-48(51)39-33-27-20-16-13-9-11-15-19-25-31-37-45(3)4/h44-47H,7-43H2,1-6H3/t47-/m0/s1. The zero-order valence-electron chi connectivity index (χ0n) is 38.4. The summed E-state index contributed by atoms with van der Waals surface area (Å²) in [5, 5.41) is 0. The fraction of sp³-hybridized carbons (Fsp3) is 0.940. The van der Waals surface area contributed by atoms with Gasteiger partial charge in [0.05, 0.1) is 0 Å². The molecule has 0 unspecified atom stereocenters. The summed E-state index contributed by atoms with van der Waals surface area (Å²) in [6, 6.07) is 0. The van der Waals surface area contributed by atoms with Crippen LogP contribution in [0.2, 0.25) is 0 Å². The van der Waals surface area contributed by atoms with Gasteiger partial charge in [-0.2, -0.15) is 0 Å². The molecule has 0 aliphatic heterocycles. The average molecular weight is 793 g/mol. The molecule has 0 N–H and O–H groups in total. The summed E-state index contributed by atoms with van der Waals surface area (Å²) in [6.07, 6.45) is 39.6. The molecular formula is C50H96O6. The number of hydrogen-bond donors (Lipinski definition) is 0. The molecule has 6 nitrogen and oxygen atoms in total. The lowest BCUT2D eigenvalue weighted by Gasteiger charge is -2.18. The average Bonchev–Trinajstić information content (AvgIpc) is 3.15. The normalized spacial score (nSPS) is 12.2. The van der Waals surface area contributed by atoms with E-state index in [1.165, 1.54) is 148 Å². The molecule has 0 saturated carbocycles. The van der Waals surface area contributed by atoms with E-state index < -0.39 is 6.10 Å². The van der Waals surface area contributed by atoms with Crippen molar-refractivity contribution < 1.29 is 28.6 Å². The van der Waals surface area contributed by atoms with Crippen molar-refractivity contribution in [3.8, 4) is 0 Å². The molecule has 0 aliphatic rings. The van der Waals surface area contributed by atoms with Crippen LogP contribution >= 0.6 is 0 Å². The number of carbonyl (C=O) groups excluding carboxylic acids is 3. The number of esters is 3. The van der Waals surface area contributed by atoms with E-state index in [0.717, 1.165) is 75.5 Å². The summed E-state index contributed by atoms with van der Waals surface area (Å²) in [6.45, 7) is 13.6. The summed E-state index contributed by atoms with van der Waals surface area (Å²) < 4.78 is 16.8. The highest BCUT2D eigenvalue weighted by Gasteiger charge is 2.19. The Morgan fingerprint density at radius 2 is 0.518 bits per heavy atom. The summed E-state index contributed by atoms with van der Waals surface area (Å²) in [5.41, 5.74) is 0. The largest absolute Gasteiger partial charge is 0.462 e. The highest BCUT2D eigenvalue weighted by atomic mass is 16.6. The Hall–Kier alpha value is -1.59. The van der Waals surface area contributed by atoms with Gasteiger partial charge in [-0.25, -0.2) is 0 Å². The Bertz CT molecular complexity index is 868. The smallest absolute Gasteiger partial charge is 0.306 e. The van der Waals surface area contributed by atoms with Crippen LogP contribution in [-0.4, -0.2) is 37.2 Å². The van der Waals surface area contributed by atoms with Gasteiger partial charge in [-0.3, -0.25) is 14.4 Å². The van der Waals surface area contributed by atoms with E-state index in [-0.39, 0.29) is 31.1 Å². The Labute approximate surface area is 348 Å². The molecule has 0 rings (SSSR count). The molecule has 0 aromatic rings. The van der Waals surface area contributed by atoms with Crippen molar-refractivity contribution in [1.29, 1.82) is 0 Å². The second-order valence-corrected chi connectivity index (χ2v) is 18.5. The van der Waals surface area contributed by atoms with Crippen LogP contribution in [0.1, 0.15) is 266 Å². The van der Waals surface area contributed by atoms with Gasteiger partial charge in [-0.15, -0.1) is 0 Å². The predicted molar refractivity (Wildman–Crippen MR) is 238 cm³/mol. The lowest BCUT2D eigenvalue weighted by molar-refractivity contribution is -0.167. The highest BCUT2D eigenvalue weighted by molar-refractivity contribution is 5.71. The molecule has 332 valence electrons. The van der Waals surface area contributed by atoms with Crippen molar-refractivity contribution in [3.63, 3.8) is 0 Å². The lowest BCUT2D eigenvalue weighted by Crippen LogP contribution is -2.30. The van der Waals surface area contributed by atoms with E-state index in [4.69, 9.17) is 14.2 Å². The van der Waals surface area contributed by atoms with Gasteiger partial charge in [0.15, 0.2) is 6.10 Å². The molecule has 0 saturated heterocycles. The summed E-state index contributed by atoms with van der Waals surface area (Å²) in [7, 11) is 0. The molecule has 1 atom stereocenters. The van der Waals surface area contributed by atoms with Gasteiger partial charge >= 0.3 is 17.9 Å². The fourth-order valence-electron chi connectivity index (χ4n) is 7.41. The van der Waals surface area contributed by atoms with Crippen LogP contribution in [-0.2, 0) is 28.6 Å². The first-order chi connectivity index (χ1) is 27.1. The van der Waals surface area contributed by atoms with Crippen LogP contribution < -0.4 is 0 Å². The van der Waals surface area contributed by atoms with Crippen molar-refractivity contribution >= 4 is 17.9 Å². The molecule has 0 aromatic carbocycles. The number of ether oxygens (including phenoxy) is 3. The van der Waals surface area contributed by atoms with E-state index in [9.17, 15) is 14.4 Å². The number of rotatable bonds is 43. The molecule has 6 heteroatoms. The van der Waals surface area contributed by atoms with E-state index in [0.29, 0.717) is 19.3 Å². The van der Waals surface area contributed by atoms with Crippen LogP contribution in [0.5, 0.6) is 0 Å². The SMILES string of the molecule is CC(C)CCCCCCCCCCCCCCC(=O)O[C@@H](COC(=O)CCCCCCCCCCCCCC(C)C)COC(=O)CCCCCCCCC(C)C. The molecule has 0 aromatic heterocycles. The molecule has 0 fully saturated rings. The minimum atomic E-state index is -0.762. The molecule has 0 radical (unpaired) electrons. The van der Waals surface area contributed by atoms with Crippen LogP contribution in [0.3, 0.4) is 0 Å². The number of unbranched alkanes of at least 4 members (excludes halogenated alkanes) is 26. The van der Waals surface area contributed by atoms with Gasteiger partial charge in [0, 0.05) is 19.3 Å². The zero-order chi connectivity index (χ0) is 41.3. The van der Waals surface area contributed by atoms with E-state index >= 15 is 0 Å². The second kappa shape index (κ2) is 41.6. The van der Waals surface area contributed by atoms with Crippen molar-refractivity contribution in [2.24, 2.45) is 17.8 Å². The van der Waals surface area contributed by atoms with Gasteiger partial charge in [0.2, 0.25) is 0 Å². The van der Waals surface area contributed by atoms with E-state index in [2.05, 4.69) is 41.5 Å². The highest BCUT2D eigenvalue weighted by Crippen LogP contribution is 2.17. The van der Waals surface area contributed by atoms with Crippen LogP contribution in [0, 0.1) is 17.8 Å². The maximum Gasteiger partial charge on any atom is 0.306 e. The first-order valence-corrected chi connectivity index (χ1v) is 24.6. The molecule has 0 heterocycles. The summed E-state index contributed by atoms with van der Waals surface area (Å²) in [5.74, 6) is 1.56. The molecule has 0 spiro atoms. The summed E-state index contributed by atoms with van der Waals surface area (Å²) in [4.78, 5) is 37.8. The first-order valence-electron chi connectivity index (χ1n) is 24.6. The van der Waals surface area contributed by atoms with Crippen LogP contribution in [0.15, 0.2) is 0 Å². The first kappa shape index (κ1) is 54.4. The Morgan fingerprint density at radius 1 is 0.304 bits per heavy atom. The maximum absolute atomic E-state index is 12.7. The van der Waals surface area contributed by atoms with Gasteiger partial charge in [0.1, 0.15) is 13.2 Å². The van der Waals surface area contributed by atoms with Gasteiger partial charge in [0.25, 0.3) is 0 Å². The lowest BCUT2D eigenvalue weighted by atomic mass is 10.0. The minimum absolute atomic E-state index is 0.0658. The third-order valence-corrected chi connectivity index (χ3v) is 11.1. The topological polar surface area (TPSA) is 78.9 Å². The van der Waals surface area contributed by atoms with Crippen LogP contribution in [0.25, 0.3) is 0 Å². The van der Waals surface area contributed by atoms with Crippen molar-refractivity contribution in [2.75, 3.05) is 13.2 Å². The molecule has 56 heavy (non-hydrogen) atoms. The molecule has 0 bridgehead atoms. The Balaban J connectivity index is 4.30. The number of hydrogen-bond acceptors (Lipinski definition) is 6. The number of carbonyl (C=O) groups is 3. The van der Waals surface area contributed by atoms with Crippen LogP contribution in [0.4, 0.5) is 0 Å². The van der Waals surface area contributed by atoms with Gasteiger partial charge < -0.3 is 14.2 Å². The van der Waals surface area contributed by atoms with E-state index in [1.807, 2.05) is 0 Å². The molecular weight excluding hydrogens is 697 g/mol. The molecule has 0 amide bonds. The van der Waals surface area contributed by atoms with Gasteiger partial charge in [-0.1, -0.05) is 228 Å².